The number of hydrogen-bond donors (Lipinski definition) is 2. The van der Waals surface area contributed by atoms with Crippen LogP contribution in [0.5, 0.6) is 5.75 Å². The van der Waals surface area contributed by atoms with Crippen LogP contribution in [0.2, 0.25) is 0 Å². The number of anilines is 1. The molecule has 2 aromatic carbocycles. The van der Waals surface area contributed by atoms with Crippen LogP contribution in [-0.4, -0.2) is 22.5 Å². The summed E-state index contributed by atoms with van der Waals surface area (Å²) in [6, 6.07) is 15.9. The summed E-state index contributed by atoms with van der Waals surface area (Å²) in [5.74, 6) is 1.17. The molecule has 2 heterocycles. The van der Waals surface area contributed by atoms with E-state index in [4.69, 9.17) is 4.74 Å². The van der Waals surface area contributed by atoms with E-state index in [2.05, 4.69) is 46.5 Å². The number of benzene rings is 2. The first-order chi connectivity index (χ1) is 15.5. The summed E-state index contributed by atoms with van der Waals surface area (Å²) in [4.78, 5) is 33.1. The Kier molecular flexibility index (Phi) is 6.95. The van der Waals surface area contributed by atoms with Gasteiger partial charge in [0.25, 0.3) is 5.56 Å². The Hall–Kier alpha value is -3.06. The second-order valence-corrected chi connectivity index (χ2v) is 8.92. The SMILES string of the molecule is CCCCOc1ccccc1[C@@H]1CC(=O)Nc2nc(SCc3ccc(C)cc3)[nH]c(=O)c21. The number of H-pyrrole nitrogens is 1. The molecular formula is C25H27N3O3S. The zero-order chi connectivity index (χ0) is 22.5. The van der Waals surface area contributed by atoms with Gasteiger partial charge >= 0.3 is 0 Å². The van der Waals surface area contributed by atoms with E-state index >= 15 is 0 Å². The first-order valence-electron chi connectivity index (χ1n) is 10.9. The molecule has 0 bridgehead atoms. The Labute approximate surface area is 191 Å². The molecule has 0 saturated carbocycles. The van der Waals surface area contributed by atoms with Crippen LogP contribution in [0, 0.1) is 6.92 Å². The molecular weight excluding hydrogens is 422 g/mol. The summed E-state index contributed by atoms with van der Waals surface area (Å²) in [5.41, 5.74) is 3.44. The molecule has 7 heteroatoms. The van der Waals surface area contributed by atoms with Crippen LogP contribution in [-0.2, 0) is 10.5 Å². The number of nitrogens with one attached hydrogen (secondary N) is 2. The second-order valence-electron chi connectivity index (χ2n) is 7.95. The predicted octanol–water partition coefficient (Wildman–Crippen LogP) is 5.02. The molecule has 1 amide bonds. The highest BCUT2D eigenvalue weighted by Crippen LogP contribution is 2.38. The van der Waals surface area contributed by atoms with Gasteiger partial charge in [0.1, 0.15) is 11.6 Å². The molecule has 0 fully saturated rings. The zero-order valence-electron chi connectivity index (χ0n) is 18.3. The van der Waals surface area contributed by atoms with Gasteiger partial charge in [-0.25, -0.2) is 4.98 Å². The molecule has 0 aliphatic carbocycles. The van der Waals surface area contributed by atoms with E-state index < -0.39 is 5.92 Å². The van der Waals surface area contributed by atoms with Crippen molar-refractivity contribution in [2.45, 2.75) is 49.9 Å². The number of hydrogen-bond acceptors (Lipinski definition) is 5. The zero-order valence-corrected chi connectivity index (χ0v) is 19.1. The Balaban J connectivity index is 1.62. The number of carbonyl (C=O) groups is 1. The number of fused-ring (bicyclic) bond motifs is 1. The summed E-state index contributed by atoms with van der Waals surface area (Å²) in [6.45, 7) is 4.75. The van der Waals surface area contributed by atoms with Gasteiger partial charge in [-0.15, -0.1) is 0 Å². The number of ether oxygens (including phenoxy) is 1. The number of aromatic amines is 1. The van der Waals surface area contributed by atoms with Crippen molar-refractivity contribution in [2.24, 2.45) is 0 Å². The molecule has 32 heavy (non-hydrogen) atoms. The van der Waals surface area contributed by atoms with Crippen LogP contribution in [0.25, 0.3) is 0 Å². The topological polar surface area (TPSA) is 84.1 Å². The molecule has 1 atom stereocenters. The minimum Gasteiger partial charge on any atom is -0.493 e. The van der Waals surface area contributed by atoms with Crippen LogP contribution in [0.15, 0.2) is 58.5 Å². The average molecular weight is 450 g/mol. The van der Waals surface area contributed by atoms with E-state index in [9.17, 15) is 9.59 Å². The Morgan fingerprint density at radius 1 is 1.12 bits per heavy atom. The fraction of sp³-hybridized carbons (Fsp3) is 0.320. The lowest BCUT2D eigenvalue weighted by Gasteiger charge is -2.26. The van der Waals surface area contributed by atoms with Gasteiger partial charge in [0.2, 0.25) is 5.91 Å². The molecule has 4 rings (SSSR count). The molecule has 166 valence electrons. The van der Waals surface area contributed by atoms with Crippen molar-refractivity contribution in [3.63, 3.8) is 0 Å². The van der Waals surface area contributed by atoms with Gasteiger partial charge < -0.3 is 15.0 Å². The van der Waals surface area contributed by atoms with Crippen LogP contribution >= 0.6 is 11.8 Å². The number of amides is 1. The standard InChI is InChI=1S/C25H27N3O3S/c1-3-4-13-31-20-8-6-5-7-18(20)19-14-21(29)26-23-22(19)24(30)28-25(27-23)32-15-17-11-9-16(2)10-12-17/h5-12,19H,3-4,13-15H2,1-2H3,(H2,26,27,28,29,30)/t19-/m0/s1. The van der Waals surface area contributed by atoms with Crippen molar-refractivity contribution in [1.82, 2.24) is 9.97 Å². The van der Waals surface area contributed by atoms with Gasteiger partial charge in [0.05, 0.1) is 12.2 Å². The minimum absolute atomic E-state index is 0.154. The molecule has 0 spiro atoms. The molecule has 1 aliphatic rings. The third kappa shape index (κ3) is 5.05. The summed E-state index contributed by atoms with van der Waals surface area (Å²) >= 11 is 1.44. The highest BCUT2D eigenvalue weighted by atomic mass is 32.2. The summed E-state index contributed by atoms with van der Waals surface area (Å²) in [7, 11) is 0. The lowest BCUT2D eigenvalue weighted by Crippen LogP contribution is -2.31. The summed E-state index contributed by atoms with van der Waals surface area (Å²) < 4.78 is 5.97. The van der Waals surface area contributed by atoms with Crippen LogP contribution < -0.4 is 15.6 Å². The van der Waals surface area contributed by atoms with Gasteiger partial charge in [-0.2, -0.15) is 0 Å². The van der Waals surface area contributed by atoms with Crippen LogP contribution in [0.4, 0.5) is 5.82 Å². The second kappa shape index (κ2) is 10.0. The largest absolute Gasteiger partial charge is 0.493 e. The fourth-order valence-corrected chi connectivity index (χ4v) is 4.56. The number of nitrogens with zero attached hydrogens (tertiary/aromatic N) is 1. The van der Waals surface area contributed by atoms with Crippen LogP contribution in [0.1, 0.15) is 54.4 Å². The molecule has 0 unspecified atom stereocenters. The molecule has 0 radical (unpaired) electrons. The third-order valence-corrected chi connectivity index (χ3v) is 6.42. The Morgan fingerprint density at radius 2 is 1.91 bits per heavy atom. The molecule has 6 nitrogen and oxygen atoms in total. The van der Waals surface area contributed by atoms with Crippen molar-refractivity contribution in [3.05, 3.63) is 81.1 Å². The quantitative estimate of drug-likeness (QED) is 0.286. The number of carbonyl (C=O) groups excluding carboxylic acids is 1. The van der Waals surface area contributed by atoms with Crippen molar-refractivity contribution >= 4 is 23.5 Å². The van der Waals surface area contributed by atoms with E-state index in [0.717, 1.165) is 24.0 Å². The first kappa shape index (κ1) is 22.1. The van der Waals surface area contributed by atoms with Crippen molar-refractivity contribution in [1.29, 1.82) is 0 Å². The van der Waals surface area contributed by atoms with Gasteiger partial charge in [0.15, 0.2) is 5.16 Å². The maximum atomic E-state index is 13.1. The highest BCUT2D eigenvalue weighted by Gasteiger charge is 2.32. The highest BCUT2D eigenvalue weighted by molar-refractivity contribution is 7.98. The smallest absolute Gasteiger partial charge is 0.257 e. The van der Waals surface area contributed by atoms with E-state index in [1.807, 2.05) is 31.2 Å². The maximum absolute atomic E-state index is 13.1. The molecule has 1 aliphatic heterocycles. The lowest BCUT2D eigenvalue weighted by molar-refractivity contribution is -0.116. The van der Waals surface area contributed by atoms with E-state index in [1.165, 1.54) is 17.3 Å². The van der Waals surface area contributed by atoms with Gasteiger partial charge in [-0.05, 0) is 25.0 Å². The fourth-order valence-electron chi connectivity index (χ4n) is 3.75. The minimum atomic E-state index is -0.399. The summed E-state index contributed by atoms with van der Waals surface area (Å²) in [5, 5.41) is 3.28. The van der Waals surface area contributed by atoms with Crippen molar-refractivity contribution < 1.29 is 9.53 Å². The number of thioether (sulfide) groups is 1. The van der Waals surface area contributed by atoms with Gasteiger partial charge in [0, 0.05) is 23.7 Å². The lowest BCUT2D eigenvalue weighted by atomic mass is 9.86. The monoisotopic (exact) mass is 449 g/mol. The van der Waals surface area contributed by atoms with Crippen molar-refractivity contribution in [3.8, 4) is 5.75 Å². The van der Waals surface area contributed by atoms with Gasteiger partial charge in [-0.1, -0.05) is 73.1 Å². The third-order valence-electron chi connectivity index (χ3n) is 5.48. The predicted molar refractivity (Wildman–Crippen MR) is 128 cm³/mol. The number of rotatable bonds is 8. The van der Waals surface area contributed by atoms with E-state index in [0.29, 0.717) is 34.6 Å². The number of unbranched alkanes of at least 4 members (excludes halogenated alkanes) is 1. The van der Waals surface area contributed by atoms with Crippen LogP contribution in [0.3, 0.4) is 0 Å². The van der Waals surface area contributed by atoms with Crippen molar-refractivity contribution in [2.75, 3.05) is 11.9 Å². The normalized spacial score (nSPS) is 15.2. The average Bonchev–Trinajstić information content (AvgIpc) is 2.78. The molecule has 2 N–H and O–H groups in total. The maximum Gasteiger partial charge on any atom is 0.257 e. The molecule has 0 saturated heterocycles. The Bertz CT molecular complexity index is 1160. The summed E-state index contributed by atoms with van der Waals surface area (Å²) in [6.07, 6.45) is 2.16. The Morgan fingerprint density at radius 3 is 2.69 bits per heavy atom. The molecule has 1 aromatic heterocycles. The number of aromatic nitrogens is 2. The van der Waals surface area contributed by atoms with Gasteiger partial charge in [-0.3, -0.25) is 9.59 Å². The van der Waals surface area contributed by atoms with E-state index in [-0.39, 0.29) is 17.9 Å². The van der Waals surface area contributed by atoms with E-state index in [1.54, 1.807) is 0 Å². The first-order valence-corrected chi connectivity index (χ1v) is 11.9. The number of aryl methyl sites for hydroxylation is 1. The number of para-hydroxylation sites is 1. The molecule has 3 aromatic rings.